The van der Waals surface area contributed by atoms with Gasteiger partial charge in [0.25, 0.3) is 0 Å². The van der Waals surface area contributed by atoms with Crippen molar-refractivity contribution >= 4 is 23.4 Å². The van der Waals surface area contributed by atoms with Gasteiger partial charge in [0.15, 0.2) is 23.3 Å². The molecule has 2 fully saturated rings. The molecule has 1 aromatic heterocycles. The summed E-state index contributed by atoms with van der Waals surface area (Å²) >= 11 is 0. The number of anilines is 2. The van der Waals surface area contributed by atoms with Gasteiger partial charge < -0.3 is 31.3 Å². The lowest BCUT2D eigenvalue weighted by Crippen LogP contribution is -2.39. The molecule has 0 radical (unpaired) electrons. The minimum absolute atomic E-state index is 0.0639. The molecule has 0 unspecified atom stereocenters. The Morgan fingerprint density at radius 1 is 1.02 bits per heavy atom. The number of guanidine groups is 1. The van der Waals surface area contributed by atoms with Gasteiger partial charge >= 0.3 is 5.69 Å². The summed E-state index contributed by atoms with van der Waals surface area (Å²) in [6.07, 6.45) is 6.36. The predicted molar refractivity (Wildman–Crippen MR) is 167 cm³/mol. The molecule has 0 aliphatic carbocycles. The molecule has 5 N–H and O–H groups in total. The number of nitrogens with two attached hydrogens (primary N) is 2. The number of carbonyl (C=O) groups excluding carboxylic acids is 1. The number of rotatable bonds is 8. The minimum Gasteiger partial charge on any atom is -0.450 e. The van der Waals surface area contributed by atoms with Crippen LogP contribution < -0.4 is 27.2 Å². The summed E-state index contributed by atoms with van der Waals surface area (Å²) in [6.45, 7) is 4.66. The van der Waals surface area contributed by atoms with E-state index in [0.29, 0.717) is 42.9 Å². The van der Waals surface area contributed by atoms with E-state index in [9.17, 15) is 14.0 Å². The highest BCUT2D eigenvalue weighted by atomic mass is 19.1. The topological polar surface area (TPSA) is 144 Å². The molecule has 232 valence electrons. The molecule has 4 heterocycles. The van der Waals surface area contributed by atoms with Gasteiger partial charge in [0.2, 0.25) is 5.91 Å². The fourth-order valence-electron chi connectivity index (χ4n) is 6.39. The number of nitrogens with zero attached hydrogens (tertiary/aromatic N) is 5. The van der Waals surface area contributed by atoms with Gasteiger partial charge in [0, 0.05) is 38.8 Å². The van der Waals surface area contributed by atoms with E-state index in [1.54, 1.807) is 22.9 Å². The number of piperidine rings is 2. The maximum Gasteiger partial charge on any atom is 0.350 e. The van der Waals surface area contributed by atoms with Gasteiger partial charge in [-0.1, -0.05) is 18.2 Å². The number of ether oxygens (including phenoxy) is 1. The van der Waals surface area contributed by atoms with Gasteiger partial charge in [-0.3, -0.25) is 14.4 Å². The first-order valence-corrected chi connectivity index (χ1v) is 15.3. The zero-order chi connectivity index (χ0) is 30.6. The average Bonchev–Trinajstić information content (AvgIpc) is 3.03. The molecule has 6 rings (SSSR count). The largest absolute Gasteiger partial charge is 0.450 e. The SMILES string of the molecule is NC(N)=NCCCN1CCC(n2cc3c(nc2=O)Nc2cc(C4CCN(C(=O)Cc5ccc(F)cc5)CC4)ccc2O3)CC1. The van der Waals surface area contributed by atoms with Gasteiger partial charge in [-0.2, -0.15) is 4.98 Å². The van der Waals surface area contributed by atoms with Crippen LogP contribution in [0.1, 0.15) is 55.2 Å². The number of benzene rings is 2. The number of carbonyl (C=O) groups is 1. The Hall–Kier alpha value is -4.45. The first kappa shape index (κ1) is 29.6. The van der Waals surface area contributed by atoms with Gasteiger partial charge in [0.05, 0.1) is 18.3 Å². The Morgan fingerprint density at radius 2 is 1.77 bits per heavy atom. The van der Waals surface area contributed by atoms with Crippen LogP contribution >= 0.6 is 0 Å². The van der Waals surface area contributed by atoms with E-state index >= 15 is 0 Å². The second-order valence-electron chi connectivity index (χ2n) is 11.8. The lowest BCUT2D eigenvalue weighted by molar-refractivity contribution is -0.131. The van der Waals surface area contributed by atoms with Crippen molar-refractivity contribution in [1.82, 2.24) is 19.4 Å². The smallest absolute Gasteiger partial charge is 0.350 e. The first-order valence-electron chi connectivity index (χ1n) is 15.3. The van der Waals surface area contributed by atoms with Crippen LogP contribution in [-0.2, 0) is 11.2 Å². The van der Waals surface area contributed by atoms with Gasteiger partial charge in [-0.15, -0.1) is 0 Å². The highest BCUT2D eigenvalue weighted by Gasteiger charge is 2.28. The zero-order valence-corrected chi connectivity index (χ0v) is 24.8. The van der Waals surface area contributed by atoms with Crippen LogP contribution in [0.2, 0.25) is 0 Å². The molecule has 0 atom stereocenters. The Labute approximate surface area is 255 Å². The molecule has 2 saturated heterocycles. The molecule has 2 aromatic carbocycles. The highest BCUT2D eigenvalue weighted by molar-refractivity contribution is 5.79. The second-order valence-corrected chi connectivity index (χ2v) is 11.8. The Kier molecular flexibility index (Phi) is 8.78. The number of fused-ring (bicyclic) bond motifs is 2. The van der Waals surface area contributed by atoms with Crippen LogP contribution in [0.4, 0.5) is 15.9 Å². The van der Waals surface area contributed by atoms with E-state index in [4.69, 9.17) is 16.2 Å². The van der Waals surface area contributed by atoms with E-state index in [-0.39, 0.29) is 35.8 Å². The summed E-state index contributed by atoms with van der Waals surface area (Å²) < 4.78 is 21.1. The molecule has 11 nitrogen and oxygen atoms in total. The summed E-state index contributed by atoms with van der Waals surface area (Å²) in [5.74, 6) is 1.84. The number of nitrogens with one attached hydrogen (secondary N) is 1. The fourth-order valence-corrected chi connectivity index (χ4v) is 6.39. The maximum atomic E-state index is 13.2. The molecule has 3 aliphatic rings. The molecular weight excluding hydrogens is 563 g/mol. The van der Waals surface area contributed by atoms with Crippen molar-refractivity contribution < 1.29 is 13.9 Å². The number of aliphatic imine (C=N–C) groups is 1. The lowest BCUT2D eigenvalue weighted by atomic mass is 9.88. The summed E-state index contributed by atoms with van der Waals surface area (Å²) in [6, 6.07) is 12.3. The molecule has 0 saturated carbocycles. The van der Waals surface area contributed by atoms with Crippen molar-refractivity contribution in [3.63, 3.8) is 0 Å². The monoisotopic (exact) mass is 602 g/mol. The van der Waals surface area contributed by atoms with Crippen molar-refractivity contribution in [1.29, 1.82) is 0 Å². The van der Waals surface area contributed by atoms with Gasteiger partial charge in [0.1, 0.15) is 5.82 Å². The highest BCUT2D eigenvalue weighted by Crippen LogP contribution is 2.42. The number of likely N-dealkylation sites (tertiary alicyclic amines) is 2. The number of halogens is 1. The fraction of sp³-hybridized carbons (Fsp3) is 0.438. The van der Waals surface area contributed by atoms with Crippen LogP contribution in [0, 0.1) is 5.82 Å². The standard InChI is InChI=1S/C32H39FN8O3/c33-24-5-2-21(3-6-24)18-29(42)40-16-8-22(9-17-40)23-4-7-27-26(19-23)37-30-28(44-27)20-41(32(43)38-30)25-10-14-39(15-11-25)13-1-12-36-31(34)35/h2-7,19-20,22,25H,1,8-18H2,(H4,34,35,36)(H,37,38,43). The minimum atomic E-state index is -0.302. The molecule has 12 heteroatoms. The van der Waals surface area contributed by atoms with Crippen molar-refractivity contribution in [3.8, 4) is 11.5 Å². The molecule has 3 aromatic rings. The summed E-state index contributed by atoms with van der Waals surface area (Å²) in [4.78, 5) is 38.5. The number of aromatic nitrogens is 2. The third-order valence-corrected chi connectivity index (χ3v) is 8.86. The maximum absolute atomic E-state index is 13.2. The molecule has 44 heavy (non-hydrogen) atoms. The predicted octanol–water partition coefficient (Wildman–Crippen LogP) is 3.48. The summed E-state index contributed by atoms with van der Waals surface area (Å²) in [5.41, 5.74) is 13.3. The molecule has 3 aliphatic heterocycles. The molecule has 1 amide bonds. The Morgan fingerprint density at radius 3 is 2.50 bits per heavy atom. The average molecular weight is 603 g/mol. The normalized spacial score (nSPS) is 17.2. The molecule has 0 spiro atoms. The van der Waals surface area contributed by atoms with Crippen molar-refractivity contribution in [2.45, 2.75) is 50.5 Å². The lowest BCUT2D eigenvalue weighted by Gasteiger charge is -2.33. The van der Waals surface area contributed by atoms with Crippen LogP contribution in [0.25, 0.3) is 0 Å². The second kappa shape index (κ2) is 13.0. The first-order chi connectivity index (χ1) is 21.3. The van der Waals surface area contributed by atoms with E-state index in [1.807, 2.05) is 11.0 Å². The van der Waals surface area contributed by atoms with Crippen molar-refractivity contribution in [3.05, 3.63) is 76.1 Å². The van der Waals surface area contributed by atoms with Crippen molar-refractivity contribution in [2.75, 3.05) is 44.6 Å². The Bertz CT molecular complexity index is 1570. The number of amides is 1. The van der Waals surface area contributed by atoms with Crippen molar-refractivity contribution in [2.24, 2.45) is 16.5 Å². The third kappa shape index (κ3) is 6.85. The number of hydrogen-bond donors (Lipinski definition) is 3. The van der Waals surface area contributed by atoms with Gasteiger partial charge in [-0.05, 0) is 80.0 Å². The van der Waals surface area contributed by atoms with Crippen LogP contribution in [0.3, 0.4) is 0 Å². The van der Waals surface area contributed by atoms with E-state index in [0.717, 1.165) is 68.6 Å². The van der Waals surface area contributed by atoms with Crippen LogP contribution in [0.15, 0.2) is 58.4 Å². The summed E-state index contributed by atoms with van der Waals surface area (Å²) in [5, 5.41) is 3.32. The van der Waals surface area contributed by atoms with Gasteiger partial charge in [-0.25, -0.2) is 9.18 Å². The third-order valence-electron chi connectivity index (χ3n) is 8.86. The van der Waals surface area contributed by atoms with E-state index < -0.39 is 0 Å². The summed E-state index contributed by atoms with van der Waals surface area (Å²) in [7, 11) is 0. The molecule has 0 bridgehead atoms. The van der Waals surface area contributed by atoms with Crippen LogP contribution in [-0.4, -0.2) is 70.5 Å². The number of hydrogen-bond acceptors (Lipinski definition) is 7. The van der Waals surface area contributed by atoms with E-state index in [2.05, 4.69) is 32.3 Å². The molecular formula is C32H39FN8O3. The van der Waals surface area contributed by atoms with Crippen LogP contribution in [0.5, 0.6) is 11.5 Å². The Balaban J connectivity index is 1.04. The quantitative estimate of drug-likeness (QED) is 0.158. The zero-order valence-electron chi connectivity index (χ0n) is 24.8. The van der Waals surface area contributed by atoms with E-state index in [1.165, 1.54) is 12.1 Å².